The monoisotopic (exact) mass is 394 g/mol. The van der Waals surface area contributed by atoms with Gasteiger partial charge in [-0.2, -0.15) is 10.2 Å². The number of aryl methyl sites for hydroxylation is 1. The molecule has 0 aliphatic heterocycles. The maximum Gasteiger partial charge on any atom is 0.255 e. The van der Waals surface area contributed by atoms with Crippen molar-refractivity contribution in [2.24, 2.45) is 0 Å². The summed E-state index contributed by atoms with van der Waals surface area (Å²) in [6, 6.07) is 18.7. The van der Waals surface area contributed by atoms with Crippen molar-refractivity contribution >= 4 is 17.2 Å². The van der Waals surface area contributed by atoms with Gasteiger partial charge in [-0.1, -0.05) is 24.3 Å². The first kappa shape index (κ1) is 17.8. The zero-order valence-corrected chi connectivity index (χ0v) is 16.2. The molecule has 30 heavy (non-hydrogen) atoms. The largest absolute Gasteiger partial charge is 0.322 e. The molecule has 5 aromatic rings. The number of hydrogen-bond acceptors (Lipinski definition) is 4. The van der Waals surface area contributed by atoms with Crippen LogP contribution in [-0.4, -0.2) is 30.3 Å². The summed E-state index contributed by atoms with van der Waals surface area (Å²) >= 11 is 0. The molecule has 2 aromatic carbocycles. The normalized spacial score (nSPS) is 11.0. The lowest BCUT2D eigenvalue weighted by Gasteiger charge is -2.10. The van der Waals surface area contributed by atoms with Gasteiger partial charge >= 0.3 is 0 Å². The minimum absolute atomic E-state index is 0.150. The highest BCUT2D eigenvalue weighted by Crippen LogP contribution is 2.24. The maximum absolute atomic E-state index is 12.5. The lowest BCUT2D eigenvalue weighted by atomic mass is 10.1. The molecule has 0 aliphatic rings. The number of imidazole rings is 1. The molecule has 1 N–H and O–H groups in total. The highest BCUT2D eigenvalue weighted by molar-refractivity contribution is 6.04. The molecule has 0 fully saturated rings. The number of fused-ring (bicyclic) bond motifs is 1. The summed E-state index contributed by atoms with van der Waals surface area (Å²) in [6.07, 6.45) is 7.23. The molecule has 5 rings (SSSR count). The van der Waals surface area contributed by atoms with Crippen LogP contribution in [0.5, 0.6) is 0 Å². The van der Waals surface area contributed by atoms with E-state index in [4.69, 9.17) is 0 Å². The predicted molar refractivity (Wildman–Crippen MR) is 115 cm³/mol. The van der Waals surface area contributed by atoms with Crippen molar-refractivity contribution in [1.82, 2.24) is 24.4 Å². The Kier molecular flexibility index (Phi) is 4.33. The quantitative estimate of drug-likeness (QED) is 0.497. The summed E-state index contributed by atoms with van der Waals surface area (Å²) in [4.78, 5) is 16.9. The van der Waals surface area contributed by atoms with Gasteiger partial charge in [-0.3, -0.25) is 4.79 Å². The Balaban J connectivity index is 1.46. The van der Waals surface area contributed by atoms with Crippen LogP contribution in [0, 0.1) is 6.92 Å². The van der Waals surface area contributed by atoms with Crippen molar-refractivity contribution in [3.8, 4) is 16.9 Å². The summed E-state index contributed by atoms with van der Waals surface area (Å²) in [5.74, 6) is -0.150. The number of nitrogens with one attached hydrogen (secondary N) is 1. The van der Waals surface area contributed by atoms with Crippen LogP contribution >= 0.6 is 0 Å². The third kappa shape index (κ3) is 3.22. The van der Waals surface area contributed by atoms with Crippen molar-refractivity contribution in [3.63, 3.8) is 0 Å². The first-order chi connectivity index (χ1) is 14.7. The molecule has 7 nitrogen and oxygen atoms in total. The van der Waals surface area contributed by atoms with E-state index in [0.717, 1.165) is 28.2 Å². The maximum atomic E-state index is 12.5. The summed E-state index contributed by atoms with van der Waals surface area (Å²) in [5, 5.41) is 11.8. The van der Waals surface area contributed by atoms with Gasteiger partial charge in [0.2, 0.25) is 0 Å². The standard InChI is InChI=1S/C23H18N6O/c1-16-9-10-19(27-23(30)17-6-3-2-4-7-17)12-20(16)28-15-18(13-26-28)21-14-24-22-8-5-11-25-29(21)22/h2-15H,1H3,(H,27,30). The molecule has 3 heterocycles. The summed E-state index contributed by atoms with van der Waals surface area (Å²) < 4.78 is 3.58. The summed E-state index contributed by atoms with van der Waals surface area (Å²) in [7, 11) is 0. The second-order valence-electron chi connectivity index (χ2n) is 6.93. The van der Waals surface area contributed by atoms with Gasteiger partial charge in [-0.15, -0.1) is 0 Å². The average molecular weight is 394 g/mol. The molecule has 1 amide bonds. The second-order valence-corrected chi connectivity index (χ2v) is 6.93. The van der Waals surface area contributed by atoms with Crippen LogP contribution in [-0.2, 0) is 0 Å². The molecule has 0 spiro atoms. The van der Waals surface area contributed by atoms with E-state index in [2.05, 4.69) is 20.5 Å². The van der Waals surface area contributed by atoms with Crippen molar-refractivity contribution in [1.29, 1.82) is 0 Å². The highest BCUT2D eigenvalue weighted by atomic mass is 16.1. The van der Waals surface area contributed by atoms with Gasteiger partial charge in [0, 0.05) is 29.2 Å². The SMILES string of the molecule is Cc1ccc(NC(=O)c2ccccc2)cc1-n1cc(-c2cnc3cccnn23)cn1. The molecule has 0 aliphatic carbocycles. The molecule has 0 saturated carbocycles. The number of carbonyl (C=O) groups is 1. The van der Waals surface area contributed by atoms with Crippen molar-refractivity contribution in [2.45, 2.75) is 6.92 Å². The van der Waals surface area contributed by atoms with E-state index in [1.54, 1.807) is 39.9 Å². The van der Waals surface area contributed by atoms with E-state index < -0.39 is 0 Å². The lowest BCUT2D eigenvalue weighted by molar-refractivity contribution is 0.102. The Labute approximate surface area is 172 Å². The van der Waals surface area contributed by atoms with Crippen LogP contribution in [0.3, 0.4) is 0 Å². The van der Waals surface area contributed by atoms with Crippen molar-refractivity contribution < 1.29 is 4.79 Å². The van der Waals surface area contributed by atoms with Crippen LogP contribution in [0.15, 0.2) is 85.5 Å². The summed E-state index contributed by atoms with van der Waals surface area (Å²) in [5.41, 5.74) is 5.79. The Morgan fingerprint density at radius 1 is 0.967 bits per heavy atom. The van der Waals surface area contributed by atoms with Crippen LogP contribution in [0.2, 0.25) is 0 Å². The van der Waals surface area contributed by atoms with E-state index in [1.165, 1.54) is 0 Å². The molecule has 0 atom stereocenters. The Morgan fingerprint density at radius 2 is 1.83 bits per heavy atom. The van der Waals surface area contributed by atoms with E-state index >= 15 is 0 Å². The molecular formula is C23H18N6O. The minimum Gasteiger partial charge on any atom is -0.322 e. The van der Waals surface area contributed by atoms with Gasteiger partial charge in [-0.25, -0.2) is 14.2 Å². The van der Waals surface area contributed by atoms with E-state index in [9.17, 15) is 4.79 Å². The van der Waals surface area contributed by atoms with E-state index in [1.807, 2.05) is 61.7 Å². The predicted octanol–water partition coefficient (Wildman–Crippen LogP) is 4.14. The van der Waals surface area contributed by atoms with E-state index in [0.29, 0.717) is 11.3 Å². The molecule has 146 valence electrons. The third-order valence-electron chi connectivity index (χ3n) is 4.91. The third-order valence-corrected chi connectivity index (χ3v) is 4.91. The Hall–Kier alpha value is -4.26. The molecule has 7 heteroatoms. The molecule has 0 unspecified atom stereocenters. The van der Waals surface area contributed by atoms with Crippen LogP contribution < -0.4 is 5.32 Å². The fourth-order valence-corrected chi connectivity index (χ4v) is 3.34. The van der Waals surface area contributed by atoms with Gasteiger partial charge in [0.15, 0.2) is 5.65 Å². The van der Waals surface area contributed by atoms with Crippen LogP contribution in [0.4, 0.5) is 5.69 Å². The fourth-order valence-electron chi connectivity index (χ4n) is 3.34. The van der Waals surface area contributed by atoms with E-state index in [-0.39, 0.29) is 5.91 Å². The van der Waals surface area contributed by atoms with Crippen LogP contribution in [0.25, 0.3) is 22.6 Å². The topological polar surface area (TPSA) is 77.1 Å². The number of carbonyl (C=O) groups excluding carboxylic acids is 1. The Bertz CT molecular complexity index is 1350. The molecule has 3 aromatic heterocycles. The number of amides is 1. The van der Waals surface area contributed by atoms with Gasteiger partial charge < -0.3 is 5.32 Å². The molecule has 0 saturated heterocycles. The summed E-state index contributed by atoms with van der Waals surface area (Å²) in [6.45, 7) is 2.01. The van der Waals surface area contributed by atoms with Gasteiger partial charge in [0.25, 0.3) is 5.91 Å². The van der Waals surface area contributed by atoms with Crippen molar-refractivity contribution in [2.75, 3.05) is 5.32 Å². The number of anilines is 1. The average Bonchev–Trinajstić information content (AvgIpc) is 3.42. The fraction of sp³-hybridized carbons (Fsp3) is 0.0435. The molecule has 0 bridgehead atoms. The first-order valence-electron chi connectivity index (χ1n) is 9.50. The lowest BCUT2D eigenvalue weighted by Crippen LogP contribution is -2.12. The van der Waals surface area contributed by atoms with Crippen LogP contribution in [0.1, 0.15) is 15.9 Å². The smallest absolute Gasteiger partial charge is 0.255 e. The zero-order chi connectivity index (χ0) is 20.5. The number of aromatic nitrogens is 5. The minimum atomic E-state index is -0.150. The van der Waals surface area contributed by atoms with Gasteiger partial charge in [-0.05, 0) is 48.9 Å². The highest BCUT2D eigenvalue weighted by Gasteiger charge is 2.12. The number of nitrogens with zero attached hydrogens (tertiary/aromatic N) is 5. The number of rotatable bonds is 4. The number of hydrogen-bond donors (Lipinski definition) is 1. The molecular weight excluding hydrogens is 376 g/mol. The van der Waals surface area contributed by atoms with Gasteiger partial charge in [0.05, 0.1) is 23.8 Å². The molecule has 0 radical (unpaired) electrons. The van der Waals surface area contributed by atoms with Gasteiger partial charge in [0.1, 0.15) is 0 Å². The second kappa shape index (κ2) is 7.29. The first-order valence-corrected chi connectivity index (χ1v) is 9.50. The Morgan fingerprint density at radius 3 is 2.70 bits per heavy atom. The zero-order valence-electron chi connectivity index (χ0n) is 16.2. The van der Waals surface area contributed by atoms with Crippen molar-refractivity contribution in [3.05, 3.63) is 96.6 Å². The number of benzene rings is 2.